The van der Waals surface area contributed by atoms with Gasteiger partial charge in [0.15, 0.2) is 0 Å². The number of ether oxygens (including phenoxy) is 1. The molecule has 0 heterocycles. The second-order valence-corrected chi connectivity index (χ2v) is 3.97. The molecule has 0 aromatic heterocycles. The molecule has 0 fully saturated rings. The molecule has 1 rings (SSSR count). The van der Waals surface area contributed by atoms with Crippen LogP contribution in [-0.2, 0) is 16.0 Å². The number of hydrogen-bond acceptors (Lipinski definition) is 2. The predicted molar refractivity (Wildman–Crippen MR) is 59.5 cm³/mol. The largest absolute Gasteiger partial charge is 0.466 e. The van der Waals surface area contributed by atoms with Crippen LogP contribution in [0.3, 0.4) is 0 Å². The lowest BCUT2D eigenvalue weighted by atomic mass is 10.2. The summed E-state index contributed by atoms with van der Waals surface area (Å²) in [6.45, 7) is 1.89. The Hall–Kier alpha value is -0.580. The Balaban J connectivity index is 2.41. The topological polar surface area (TPSA) is 26.3 Å². The van der Waals surface area contributed by atoms with Crippen molar-refractivity contribution < 1.29 is 9.53 Å². The first kappa shape index (κ1) is 10.5. The molecule has 1 aromatic carbocycles. The molecular weight excluding hydrogens is 279 g/mol. The van der Waals surface area contributed by atoms with E-state index >= 15 is 0 Å². The molecule has 0 saturated carbocycles. The Bertz CT molecular complexity index is 297. The molecule has 0 saturated heterocycles. The van der Waals surface area contributed by atoms with Gasteiger partial charge in [-0.15, -0.1) is 0 Å². The van der Waals surface area contributed by atoms with Crippen LogP contribution in [0.2, 0.25) is 0 Å². The summed E-state index contributed by atoms with van der Waals surface area (Å²) >= 11 is 2.26. The molecule has 3 heteroatoms. The minimum absolute atomic E-state index is 0.217. The van der Waals surface area contributed by atoms with E-state index < -0.39 is 0 Å². The van der Waals surface area contributed by atoms with Gasteiger partial charge in [0.25, 0.3) is 0 Å². The van der Waals surface area contributed by atoms with Crippen molar-refractivity contribution in [2.75, 3.05) is 6.61 Å². The molecule has 0 spiro atoms. The Morgan fingerprint density at radius 1 is 1.54 bits per heavy atom. The monoisotopic (exact) mass is 290 g/mol. The minimum atomic E-state index is -0.217. The number of benzene rings is 1. The van der Waals surface area contributed by atoms with Crippen LogP contribution in [0.5, 0.6) is 0 Å². The Morgan fingerprint density at radius 3 is 2.92 bits per heavy atom. The van der Waals surface area contributed by atoms with Crippen molar-refractivity contribution >= 4 is 28.6 Å². The number of hydrogen-bond donors (Lipinski definition) is 0. The lowest BCUT2D eigenvalue weighted by Gasteiger charge is -2.02. The number of esters is 1. The van der Waals surface area contributed by atoms with Crippen LogP contribution < -0.4 is 0 Å². The van der Waals surface area contributed by atoms with Gasteiger partial charge in [0.05, 0.1) is 6.61 Å². The number of carbonyl (C=O) groups excluding carboxylic acids is 1. The van der Waals surface area contributed by atoms with E-state index in [1.54, 1.807) is 0 Å². The number of carbonyl (C=O) groups is 1. The molecule has 0 unspecified atom stereocenters. The summed E-state index contributed by atoms with van der Waals surface area (Å²) in [5, 5.41) is 0. The van der Waals surface area contributed by atoms with Gasteiger partial charge in [0.1, 0.15) is 0 Å². The molecule has 13 heavy (non-hydrogen) atoms. The van der Waals surface area contributed by atoms with Crippen molar-refractivity contribution in [3.05, 3.63) is 33.4 Å². The molecule has 0 aliphatic rings. The highest BCUT2D eigenvalue weighted by Gasteiger charge is 1.96. The molecule has 1 aromatic rings. The molecule has 0 amide bonds. The fourth-order valence-electron chi connectivity index (χ4n) is 1.01. The van der Waals surface area contributed by atoms with Crippen molar-refractivity contribution in [2.45, 2.75) is 13.3 Å². The predicted octanol–water partition coefficient (Wildman–Crippen LogP) is 2.40. The van der Waals surface area contributed by atoms with Gasteiger partial charge in [0, 0.05) is 16.9 Å². The highest BCUT2D eigenvalue weighted by atomic mass is 127. The molecule has 0 radical (unpaired) electrons. The molecule has 0 aliphatic carbocycles. The van der Waals surface area contributed by atoms with E-state index in [0.29, 0.717) is 6.61 Å². The smallest absolute Gasteiger partial charge is 0.302 e. The highest BCUT2D eigenvalue weighted by molar-refractivity contribution is 14.1. The molecular formula is C10H11IO2. The van der Waals surface area contributed by atoms with Gasteiger partial charge in [-0.2, -0.15) is 0 Å². The van der Waals surface area contributed by atoms with Gasteiger partial charge < -0.3 is 4.74 Å². The molecule has 0 atom stereocenters. The average molecular weight is 290 g/mol. The van der Waals surface area contributed by atoms with Crippen LogP contribution in [0.15, 0.2) is 24.3 Å². The Morgan fingerprint density at radius 2 is 2.31 bits per heavy atom. The third-order valence-electron chi connectivity index (χ3n) is 1.59. The maximum atomic E-state index is 10.5. The Labute approximate surface area is 91.4 Å². The van der Waals surface area contributed by atoms with Gasteiger partial charge in [0.2, 0.25) is 0 Å². The SMILES string of the molecule is CC(=O)OCCc1cccc(I)c1. The second-order valence-electron chi connectivity index (χ2n) is 2.72. The van der Waals surface area contributed by atoms with E-state index in [9.17, 15) is 4.79 Å². The number of rotatable bonds is 3. The normalized spacial score (nSPS) is 9.69. The van der Waals surface area contributed by atoms with Crippen LogP contribution in [0, 0.1) is 3.57 Å². The highest BCUT2D eigenvalue weighted by Crippen LogP contribution is 2.08. The van der Waals surface area contributed by atoms with Crippen LogP contribution in [0.4, 0.5) is 0 Å². The zero-order chi connectivity index (χ0) is 9.68. The van der Waals surface area contributed by atoms with E-state index in [-0.39, 0.29) is 5.97 Å². The third-order valence-corrected chi connectivity index (χ3v) is 2.26. The van der Waals surface area contributed by atoms with Gasteiger partial charge >= 0.3 is 5.97 Å². The van der Waals surface area contributed by atoms with E-state index in [0.717, 1.165) is 6.42 Å². The van der Waals surface area contributed by atoms with Gasteiger partial charge in [-0.25, -0.2) is 0 Å². The van der Waals surface area contributed by atoms with Crippen LogP contribution >= 0.6 is 22.6 Å². The van der Waals surface area contributed by atoms with Gasteiger partial charge in [-0.1, -0.05) is 12.1 Å². The van der Waals surface area contributed by atoms with Crippen molar-refractivity contribution in [2.24, 2.45) is 0 Å². The first-order chi connectivity index (χ1) is 6.18. The summed E-state index contributed by atoms with van der Waals surface area (Å²) in [7, 11) is 0. The number of halogens is 1. The molecule has 0 bridgehead atoms. The Kier molecular flexibility index (Phi) is 4.21. The quantitative estimate of drug-likeness (QED) is 0.631. The fraction of sp³-hybridized carbons (Fsp3) is 0.300. The summed E-state index contributed by atoms with van der Waals surface area (Å²) in [6.07, 6.45) is 0.788. The molecule has 0 N–H and O–H groups in total. The van der Waals surface area contributed by atoms with Gasteiger partial charge in [-0.05, 0) is 40.3 Å². The first-order valence-corrected chi connectivity index (χ1v) is 5.14. The van der Waals surface area contributed by atoms with E-state index in [4.69, 9.17) is 4.74 Å². The summed E-state index contributed by atoms with van der Waals surface area (Å²) in [4.78, 5) is 10.5. The second kappa shape index (κ2) is 5.21. The van der Waals surface area contributed by atoms with Crippen LogP contribution in [-0.4, -0.2) is 12.6 Å². The fourth-order valence-corrected chi connectivity index (χ4v) is 1.61. The zero-order valence-electron chi connectivity index (χ0n) is 7.42. The maximum absolute atomic E-state index is 10.5. The minimum Gasteiger partial charge on any atom is -0.466 e. The van der Waals surface area contributed by atoms with Crippen LogP contribution in [0.25, 0.3) is 0 Å². The maximum Gasteiger partial charge on any atom is 0.302 e. The molecule has 70 valence electrons. The third kappa shape index (κ3) is 4.26. The zero-order valence-corrected chi connectivity index (χ0v) is 9.58. The average Bonchev–Trinajstić information content (AvgIpc) is 2.03. The molecule has 2 nitrogen and oxygen atoms in total. The van der Waals surface area contributed by atoms with Crippen molar-refractivity contribution in [1.29, 1.82) is 0 Å². The van der Waals surface area contributed by atoms with E-state index in [1.807, 2.05) is 18.2 Å². The summed E-state index contributed by atoms with van der Waals surface area (Å²) in [5.41, 5.74) is 1.20. The van der Waals surface area contributed by atoms with Crippen molar-refractivity contribution in [1.82, 2.24) is 0 Å². The standard InChI is InChI=1S/C10H11IO2/c1-8(12)13-6-5-9-3-2-4-10(11)7-9/h2-4,7H,5-6H2,1H3. The summed E-state index contributed by atoms with van der Waals surface area (Å²) in [6, 6.07) is 8.16. The lowest BCUT2D eigenvalue weighted by Crippen LogP contribution is -2.03. The van der Waals surface area contributed by atoms with Crippen LogP contribution in [0.1, 0.15) is 12.5 Å². The summed E-state index contributed by atoms with van der Waals surface area (Å²) < 4.78 is 6.05. The summed E-state index contributed by atoms with van der Waals surface area (Å²) in [5.74, 6) is -0.217. The van der Waals surface area contributed by atoms with E-state index in [2.05, 4.69) is 28.7 Å². The first-order valence-electron chi connectivity index (χ1n) is 4.06. The van der Waals surface area contributed by atoms with Gasteiger partial charge in [-0.3, -0.25) is 4.79 Å². The van der Waals surface area contributed by atoms with Crippen molar-refractivity contribution in [3.63, 3.8) is 0 Å². The molecule has 0 aliphatic heterocycles. The van der Waals surface area contributed by atoms with Crippen molar-refractivity contribution in [3.8, 4) is 0 Å². The lowest BCUT2D eigenvalue weighted by molar-refractivity contribution is -0.140. The van der Waals surface area contributed by atoms with E-state index in [1.165, 1.54) is 16.1 Å².